The Morgan fingerprint density at radius 1 is 1.00 bits per heavy atom. The molecule has 6 heteroatoms. The van der Waals surface area contributed by atoms with Crippen LogP contribution >= 0.6 is 0 Å². The molecule has 0 atom stereocenters. The number of hydrogen-bond acceptors (Lipinski definition) is 3. The molecule has 0 aromatic rings. The lowest BCUT2D eigenvalue weighted by atomic mass is 9.94. The Balaban J connectivity index is 1.76. The van der Waals surface area contributed by atoms with Gasteiger partial charge in [0.2, 0.25) is 5.91 Å². The monoisotopic (exact) mass is 310 g/mol. The highest BCUT2D eigenvalue weighted by Gasteiger charge is 2.27. The number of carbonyl (C=O) groups is 2. The molecule has 0 aromatic carbocycles. The summed E-state index contributed by atoms with van der Waals surface area (Å²) in [5.41, 5.74) is 0. The second-order valence-corrected chi connectivity index (χ2v) is 6.22. The third kappa shape index (κ3) is 4.35. The maximum atomic E-state index is 12.4. The zero-order chi connectivity index (χ0) is 15.9. The molecular formula is C16H30N4O2. The third-order valence-corrected chi connectivity index (χ3v) is 4.86. The molecule has 0 aliphatic carbocycles. The van der Waals surface area contributed by atoms with E-state index in [-0.39, 0.29) is 11.9 Å². The number of nitrogens with zero attached hydrogens (tertiary/aromatic N) is 3. The second-order valence-electron chi connectivity index (χ2n) is 6.22. The van der Waals surface area contributed by atoms with Crippen molar-refractivity contribution in [1.29, 1.82) is 0 Å². The highest BCUT2D eigenvalue weighted by Crippen LogP contribution is 2.18. The molecule has 2 rings (SSSR count). The summed E-state index contributed by atoms with van der Waals surface area (Å²) in [6, 6.07) is 0.107. The zero-order valence-electron chi connectivity index (χ0n) is 14.0. The summed E-state index contributed by atoms with van der Waals surface area (Å²) in [7, 11) is 0. The Bertz CT molecular complexity index is 370. The largest absolute Gasteiger partial charge is 0.339 e. The van der Waals surface area contributed by atoms with Crippen LogP contribution in [0.2, 0.25) is 0 Å². The van der Waals surface area contributed by atoms with Crippen LogP contribution in [-0.4, -0.2) is 79.0 Å². The minimum atomic E-state index is 0.107. The van der Waals surface area contributed by atoms with Crippen LogP contribution in [0.1, 0.15) is 33.1 Å². The third-order valence-electron chi connectivity index (χ3n) is 4.86. The highest BCUT2D eigenvalue weighted by molar-refractivity contribution is 5.78. The van der Waals surface area contributed by atoms with Gasteiger partial charge in [-0.25, -0.2) is 4.79 Å². The van der Waals surface area contributed by atoms with Gasteiger partial charge < -0.3 is 20.0 Å². The van der Waals surface area contributed by atoms with Crippen LogP contribution in [0, 0.1) is 5.92 Å². The van der Waals surface area contributed by atoms with E-state index >= 15 is 0 Å². The number of urea groups is 1. The minimum absolute atomic E-state index is 0.107. The van der Waals surface area contributed by atoms with Crippen LogP contribution in [-0.2, 0) is 4.79 Å². The van der Waals surface area contributed by atoms with Gasteiger partial charge >= 0.3 is 6.03 Å². The Morgan fingerprint density at radius 3 is 2.09 bits per heavy atom. The van der Waals surface area contributed by atoms with Crippen LogP contribution in [0.25, 0.3) is 0 Å². The number of amides is 3. The molecule has 2 heterocycles. The van der Waals surface area contributed by atoms with E-state index in [9.17, 15) is 9.59 Å². The average Bonchev–Trinajstić information content (AvgIpc) is 2.57. The molecule has 1 N–H and O–H groups in total. The quantitative estimate of drug-likeness (QED) is 0.842. The van der Waals surface area contributed by atoms with Gasteiger partial charge in [-0.1, -0.05) is 0 Å². The first kappa shape index (κ1) is 17.1. The van der Waals surface area contributed by atoms with E-state index in [1.54, 1.807) is 0 Å². The Kier molecular flexibility index (Phi) is 6.49. The predicted molar refractivity (Wildman–Crippen MR) is 86.7 cm³/mol. The molecular weight excluding hydrogens is 280 g/mol. The molecule has 22 heavy (non-hydrogen) atoms. The van der Waals surface area contributed by atoms with Gasteiger partial charge in [0.15, 0.2) is 0 Å². The molecule has 3 amide bonds. The molecule has 2 saturated heterocycles. The number of carbonyl (C=O) groups excluding carboxylic acids is 2. The number of piperazine rings is 1. The molecule has 2 aliphatic rings. The highest BCUT2D eigenvalue weighted by atomic mass is 16.2. The summed E-state index contributed by atoms with van der Waals surface area (Å²) in [5.74, 6) is 0.797. The molecule has 6 nitrogen and oxygen atoms in total. The van der Waals surface area contributed by atoms with Gasteiger partial charge in [0, 0.05) is 45.7 Å². The molecule has 126 valence electrons. The first-order valence-electron chi connectivity index (χ1n) is 8.68. The molecule has 0 saturated carbocycles. The van der Waals surface area contributed by atoms with Crippen LogP contribution in [0.5, 0.6) is 0 Å². The summed E-state index contributed by atoms with van der Waals surface area (Å²) in [5, 5.41) is 3.33. The first-order chi connectivity index (χ1) is 10.7. The van der Waals surface area contributed by atoms with Crippen molar-refractivity contribution in [3.8, 4) is 0 Å². The molecule has 0 bridgehead atoms. The number of piperidine rings is 1. The van der Waals surface area contributed by atoms with Gasteiger partial charge in [0.1, 0.15) is 0 Å². The van der Waals surface area contributed by atoms with Crippen LogP contribution < -0.4 is 5.32 Å². The van der Waals surface area contributed by atoms with E-state index in [1.807, 2.05) is 28.5 Å². The van der Waals surface area contributed by atoms with E-state index < -0.39 is 0 Å². The van der Waals surface area contributed by atoms with E-state index in [4.69, 9.17) is 0 Å². The Labute approximate surface area is 133 Å². The maximum Gasteiger partial charge on any atom is 0.320 e. The summed E-state index contributed by atoms with van der Waals surface area (Å²) < 4.78 is 0. The van der Waals surface area contributed by atoms with E-state index in [0.29, 0.717) is 38.5 Å². The zero-order valence-corrected chi connectivity index (χ0v) is 14.0. The minimum Gasteiger partial charge on any atom is -0.339 e. The van der Waals surface area contributed by atoms with Crippen molar-refractivity contribution in [3.05, 3.63) is 0 Å². The first-order valence-corrected chi connectivity index (χ1v) is 8.68. The van der Waals surface area contributed by atoms with Crippen LogP contribution in [0.4, 0.5) is 4.79 Å². The van der Waals surface area contributed by atoms with Crippen molar-refractivity contribution in [3.63, 3.8) is 0 Å². The summed E-state index contributed by atoms with van der Waals surface area (Å²) >= 11 is 0. The predicted octanol–water partition coefficient (Wildman–Crippen LogP) is 0.982. The lowest BCUT2D eigenvalue weighted by molar-refractivity contribution is -0.133. The Morgan fingerprint density at radius 2 is 1.55 bits per heavy atom. The molecule has 0 radical (unpaired) electrons. The number of hydrogen-bond donors (Lipinski definition) is 1. The van der Waals surface area contributed by atoms with Crippen molar-refractivity contribution in [2.75, 3.05) is 52.4 Å². The molecule has 2 aliphatic heterocycles. The average molecular weight is 310 g/mol. The Hall–Kier alpha value is -1.30. The van der Waals surface area contributed by atoms with Crippen molar-refractivity contribution < 1.29 is 9.59 Å². The lowest BCUT2D eigenvalue weighted by Crippen LogP contribution is -2.54. The van der Waals surface area contributed by atoms with Gasteiger partial charge in [-0.3, -0.25) is 4.79 Å². The van der Waals surface area contributed by atoms with E-state index in [1.165, 1.54) is 0 Å². The normalized spacial score (nSPS) is 20.1. The van der Waals surface area contributed by atoms with Crippen molar-refractivity contribution in [2.24, 2.45) is 5.92 Å². The fraction of sp³-hybridized carbons (Fsp3) is 0.875. The van der Waals surface area contributed by atoms with Gasteiger partial charge in [0.25, 0.3) is 0 Å². The van der Waals surface area contributed by atoms with Crippen LogP contribution in [0.3, 0.4) is 0 Å². The smallest absolute Gasteiger partial charge is 0.320 e. The summed E-state index contributed by atoms with van der Waals surface area (Å²) in [6.07, 6.45) is 2.88. The SMILES string of the molecule is CCN(CC)C(=O)N1CCN(C(=O)CC2CCNCC2)CC1. The van der Waals surface area contributed by atoms with Crippen molar-refractivity contribution in [2.45, 2.75) is 33.1 Å². The fourth-order valence-electron chi connectivity index (χ4n) is 3.30. The molecule has 2 fully saturated rings. The number of rotatable bonds is 4. The molecule has 0 spiro atoms. The van der Waals surface area contributed by atoms with Crippen molar-refractivity contribution >= 4 is 11.9 Å². The van der Waals surface area contributed by atoms with Gasteiger partial charge in [0.05, 0.1) is 0 Å². The fourth-order valence-corrected chi connectivity index (χ4v) is 3.30. The van der Waals surface area contributed by atoms with Gasteiger partial charge in [-0.2, -0.15) is 0 Å². The van der Waals surface area contributed by atoms with Gasteiger partial charge in [-0.05, 0) is 45.7 Å². The second kappa shape index (κ2) is 8.36. The molecule has 0 aromatic heterocycles. The van der Waals surface area contributed by atoms with Crippen molar-refractivity contribution in [1.82, 2.24) is 20.0 Å². The topological polar surface area (TPSA) is 55.9 Å². The van der Waals surface area contributed by atoms with Crippen LogP contribution in [0.15, 0.2) is 0 Å². The summed E-state index contributed by atoms with van der Waals surface area (Å²) in [4.78, 5) is 30.3. The maximum absolute atomic E-state index is 12.4. The lowest BCUT2D eigenvalue weighted by Gasteiger charge is -2.37. The van der Waals surface area contributed by atoms with E-state index in [2.05, 4.69) is 5.32 Å². The summed E-state index contributed by atoms with van der Waals surface area (Å²) in [6.45, 7) is 10.2. The standard InChI is InChI=1S/C16H30N4O2/c1-3-18(4-2)16(22)20-11-9-19(10-12-20)15(21)13-14-5-7-17-8-6-14/h14,17H,3-13H2,1-2H3. The van der Waals surface area contributed by atoms with Gasteiger partial charge in [-0.15, -0.1) is 0 Å². The number of nitrogens with one attached hydrogen (secondary N) is 1. The van der Waals surface area contributed by atoms with E-state index in [0.717, 1.165) is 39.0 Å². The molecule has 0 unspecified atom stereocenters.